The van der Waals surface area contributed by atoms with Gasteiger partial charge in [0.25, 0.3) is 5.91 Å². The molecule has 1 heterocycles. The molecule has 1 aliphatic heterocycles. The molecule has 1 aliphatic rings. The van der Waals surface area contributed by atoms with Crippen LogP contribution in [0.4, 0.5) is 4.79 Å². The van der Waals surface area contributed by atoms with Gasteiger partial charge in [0.1, 0.15) is 12.1 Å². The molecule has 7 heteroatoms. The first-order valence-corrected chi connectivity index (χ1v) is 7.89. The number of carbonyl (C=O) groups is 3. The minimum absolute atomic E-state index is 0.251. The van der Waals surface area contributed by atoms with Gasteiger partial charge in [0.15, 0.2) is 0 Å². The van der Waals surface area contributed by atoms with Crippen LogP contribution in [0.3, 0.4) is 0 Å². The fourth-order valence-electron chi connectivity index (χ4n) is 2.63. The molecule has 0 unspecified atom stereocenters. The van der Waals surface area contributed by atoms with E-state index in [1.807, 2.05) is 13.8 Å². The molecular weight excluding hydrogens is 318 g/mol. The Balaban J connectivity index is 2.22. The zero-order valence-electron chi connectivity index (χ0n) is 13.4. The third kappa shape index (κ3) is 3.17. The summed E-state index contributed by atoms with van der Waals surface area (Å²) in [6.45, 7) is 6.14. The largest absolute Gasteiger partial charge is 0.342 e. The number of imide groups is 1. The molecule has 1 saturated heterocycles. The molecule has 1 aromatic carbocycles. The van der Waals surface area contributed by atoms with Gasteiger partial charge in [-0.25, -0.2) is 4.79 Å². The zero-order chi connectivity index (χ0) is 17.2. The molecule has 1 aromatic rings. The molecule has 0 spiro atoms. The molecule has 124 valence electrons. The highest BCUT2D eigenvalue weighted by Crippen LogP contribution is 2.29. The van der Waals surface area contributed by atoms with Crippen LogP contribution >= 0.6 is 11.6 Å². The molecule has 23 heavy (non-hydrogen) atoms. The van der Waals surface area contributed by atoms with Crippen molar-refractivity contribution in [3.8, 4) is 0 Å². The van der Waals surface area contributed by atoms with Gasteiger partial charge in [0.2, 0.25) is 5.91 Å². The molecule has 4 amide bonds. The first-order chi connectivity index (χ1) is 10.8. The molecule has 6 nitrogen and oxygen atoms in total. The average Bonchev–Trinajstić information content (AvgIpc) is 2.73. The van der Waals surface area contributed by atoms with E-state index in [9.17, 15) is 14.4 Å². The number of halogens is 1. The number of rotatable bonds is 5. The summed E-state index contributed by atoms with van der Waals surface area (Å²) in [6.07, 6.45) is 0. The van der Waals surface area contributed by atoms with Crippen LogP contribution in [0.15, 0.2) is 24.3 Å². The highest BCUT2D eigenvalue weighted by atomic mass is 35.5. The lowest BCUT2D eigenvalue weighted by molar-refractivity contribution is -0.138. The number of hydrogen-bond acceptors (Lipinski definition) is 3. The number of nitrogens with one attached hydrogen (secondary N) is 1. The molecule has 2 rings (SSSR count). The van der Waals surface area contributed by atoms with Crippen molar-refractivity contribution in [3.05, 3.63) is 34.9 Å². The van der Waals surface area contributed by atoms with E-state index in [4.69, 9.17) is 11.6 Å². The molecule has 1 atom stereocenters. The van der Waals surface area contributed by atoms with E-state index in [-0.39, 0.29) is 12.5 Å². The van der Waals surface area contributed by atoms with Gasteiger partial charge in [-0.1, -0.05) is 23.7 Å². The van der Waals surface area contributed by atoms with Crippen molar-refractivity contribution >= 4 is 29.4 Å². The Labute approximate surface area is 140 Å². The minimum atomic E-state index is -1.19. The monoisotopic (exact) mass is 337 g/mol. The van der Waals surface area contributed by atoms with E-state index in [0.29, 0.717) is 23.7 Å². The van der Waals surface area contributed by atoms with Crippen molar-refractivity contribution in [1.29, 1.82) is 0 Å². The minimum Gasteiger partial charge on any atom is -0.342 e. The van der Waals surface area contributed by atoms with Crippen molar-refractivity contribution in [2.45, 2.75) is 26.3 Å². The SMILES string of the molecule is CCN(CC)C(=O)CN1C(=O)N[C@](C)(c2ccc(Cl)cc2)C1=O. The van der Waals surface area contributed by atoms with E-state index < -0.39 is 17.5 Å². The van der Waals surface area contributed by atoms with Crippen LogP contribution in [0.1, 0.15) is 26.3 Å². The first-order valence-electron chi connectivity index (χ1n) is 7.51. The van der Waals surface area contributed by atoms with Crippen LogP contribution in [-0.2, 0) is 15.1 Å². The highest BCUT2D eigenvalue weighted by Gasteiger charge is 2.49. The lowest BCUT2D eigenvalue weighted by atomic mass is 9.92. The molecule has 0 saturated carbocycles. The van der Waals surface area contributed by atoms with E-state index in [0.717, 1.165) is 4.90 Å². The van der Waals surface area contributed by atoms with Gasteiger partial charge in [-0.05, 0) is 38.5 Å². The van der Waals surface area contributed by atoms with Crippen LogP contribution in [0.5, 0.6) is 0 Å². The quantitative estimate of drug-likeness (QED) is 0.835. The van der Waals surface area contributed by atoms with Crippen LogP contribution in [-0.4, -0.2) is 47.3 Å². The van der Waals surface area contributed by atoms with Crippen molar-refractivity contribution in [1.82, 2.24) is 15.1 Å². The number of amides is 4. The van der Waals surface area contributed by atoms with Crippen molar-refractivity contribution in [2.75, 3.05) is 19.6 Å². The smallest absolute Gasteiger partial charge is 0.325 e. The molecule has 1 fully saturated rings. The molecule has 0 aliphatic carbocycles. The summed E-state index contributed by atoms with van der Waals surface area (Å²) >= 11 is 5.86. The molecular formula is C16H20ClN3O3. The number of hydrogen-bond donors (Lipinski definition) is 1. The van der Waals surface area contributed by atoms with Crippen molar-refractivity contribution in [3.63, 3.8) is 0 Å². The predicted molar refractivity (Wildman–Crippen MR) is 87.0 cm³/mol. The fraction of sp³-hybridized carbons (Fsp3) is 0.438. The number of likely N-dealkylation sites (N-methyl/N-ethyl adjacent to an activating group) is 1. The van der Waals surface area contributed by atoms with Crippen LogP contribution in [0.25, 0.3) is 0 Å². The van der Waals surface area contributed by atoms with Gasteiger partial charge >= 0.3 is 6.03 Å². The second-order valence-corrected chi connectivity index (χ2v) is 5.96. The van der Waals surface area contributed by atoms with Gasteiger partial charge in [0.05, 0.1) is 0 Å². The summed E-state index contributed by atoms with van der Waals surface area (Å²) in [7, 11) is 0. The standard InChI is InChI=1S/C16H20ClN3O3/c1-4-19(5-2)13(21)10-20-14(22)16(3,18-15(20)23)11-6-8-12(17)9-7-11/h6-9H,4-5,10H2,1-3H3,(H,18,23)/t16-/m1/s1. The van der Waals surface area contributed by atoms with Crippen molar-refractivity contribution < 1.29 is 14.4 Å². The molecule has 0 bridgehead atoms. The second-order valence-electron chi connectivity index (χ2n) is 5.52. The number of nitrogens with zero attached hydrogens (tertiary/aromatic N) is 2. The van der Waals surface area contributed by atoms with E-state index >= 15 is 0 Å². The summed E-state index contributed by atoms with van der Waals surface area (Å²) in [5.41, 5.74) is -0.566. The maximum atomic E-state index is 12.7. The van der Waals surface area contributed by atoms with Gasteiger partial charge in [-0.2, -0.15) is 0 Å². The summed E-state index contributed by atoms with van der Waals surface area (Å²) in [5.74, 6) is -0.691. The molecule has 0 radical (unpaired) electrons. The number of urea groups is 1. The van der Waals surface area contributed by atoms with Gasteiger partial charge in [-0.15, -0.1) is 0 Å². The highest BCUT2D eigenvalue weighted by molar-refractivity contribution is 6.30. The lowest BCUT2D eigenvalue weighted by Gasteiger charge is -2.23. The lowest BCUT2D eigenvalue weighted by Crippen LogP contribution is -2.44. The van der Waals surface area contributed by atoms with Gasteiger partial charge in [0, 0.05) is 18.1 Å². The maximum absolute atomic E-state index is 12.7. The van der Waals surface area contributed by atoms with Crippen LogP contribution in [0.2, 0.25) is 5.02 Å². The van der Waals surface area contributed by atoms with Gasteiger partial charge < -0.3 is 10.2 Å². The van der Waals surface area contributed by atoms with Crippen molar-refractivity contribution in [2.24, 2.45) is 0 Å². The molecule has 1 N–H and O–H groups in total. The number of benzene rings is 1. The normalized spacial score (nSPS) is 20.6. The Morgan fingerprint density at radius 2 is 1.78 bits per heavy atom. The summed E-state index contributed by atoms with van der Waals surface area (Å²) in [5, 5.41) is 3.21. The maximum Gasteiger partial charge on any atom is 0.325 e. The Hall–Kier alpha value is -2.08. The number of carbonyl (C=O) groups excluding carboxylic acids is 3. The Bertz CT molecular complexity index is 628. The Morgan fingerprint density at radius 3 is 2.30 bits per heavy atom. The van der Waals surface area contributed by atoms with Gasteiger partial charge in [-0.3, -0.25) is 14.5 Å². The topological polar surface area (TPSA) is 69.7 Å². The summed E-state index contributed by atoms with van der Waals surface area (Å²) in [6, 6.07) is 6.14. The average molecular weight is 338 g/mol. The van der Waals surface area contributed by atoms with E-state index in [1.54, 1.807) is 36.1 Å². The van der Waals surface area contributed by atoms with Crippen LogP contribution in [0, 0.1) is 0 Å². The third-order valence-corrected chi connectivity index (χ3v) is 4.36. The predicted octanol–water partition coefficient (Wildman–Crippen LogP) is 1.98. The van der Waals surface area contributed by atoms with E-state index in [1.165, 1.54) is 0 Å². The Morgan fingerprint density at radius 1 is 1.22 bits per heavy atom. The first kappa shape index (κ1) is 17.3. The Kier molecular flexibility index (Phi) is 4.94. The second kappa shape index (κ2) is 6.58. The fourth-order valence-corrected chi connectivity index (χ4v) is 2.76. The summed E-state index contributed by atoms with van der Waals surface area (Å²) < 4.78 is 0. The summed E-state index contributed by atoms with van der Waals surface area (Å²) in [4.78, 5) is 39.6. The third-order valence-electron chi connectivity index (χ3n) is 4.11. The van der Waals surface area contributed by atoms with E-state index in [2.05, 4.69) is 5.32 Å². The molecule has 0 aromatic heterocycles. The zero-order valence-corrected chi connectivity index (χ0v) is 14.2. The van der Waals surface area contributed by atoms with Crippen LogP contribution < -0.4 is 5.32 Å².